The first kappa shape index (κ1) is 9.52. The Kier molecular flexibility index (Phi) is 3.26. The van der Waals surface area contributed by atoms with Crippen molar-refractivity contribution in [3.63, 3.8) is 0 Å². The topological polar surface area (TPSA) is 26.3 Å². The van der Waals surface area contributed by atoms with Gasteiger partial charge in [0.25, 0.3) is 6.47 Å². The average molecular weight is 176 g/mol. The van der Waals surface area contributed by atoms with Crippen molar-refractivity contribution in [1.82, 2.24) is 0 Å². The van der Waals surface area contributed by atoms with Crippen LogP contribution in [0.1, 0.15) is 16.7 Å². The lowest BCUT2D eigenvalue weighted by Gasteiger charge is -1.99. The summed E-state index contributed by atoms with van der Waals surface area (Å²) in [6.45, 7) is 4.51. The second-order valence-electron chi connectivity index (χ2n) is 2.88. The molecule has 0 aliphatic rings. The van der Waals surface area contributed by atoms with E-state index in [1.165, 1.54) is 17.4 Å². The van der Waals surface area contributed by atoms with E-state index in [1.54, 1.807) is 6.08 Å². The SMILES string of the molecule is Cc1ccc(/C=C/OC=O)cc1C. The maximum atomic E-state index is 9.84. The molecule has 0 spiro atoms. The van der Waals surface area contributed by atoms with Crippen LogP contribution in [0.25, 0.3) is 6.08 Å². The van der Waals surface area contributed by atoms with Gasteiger partial charge < -0.3 is 4.74 Å². The molecule has 68 valence electrons. The molecule has 0 aromatic heterocycles. The third-order valence-electron chi connectivity index (χ3n) is 1.93. The summed E-state index contributed by atoms with van der Waals surface area (Å²) in [5.41, 5.74) is 3.52. The number of carbonyl (C=O) groups excluding carboxylic acids is 1. The van der Waals surface area contributed by atoms with E-state index in [0.29, 0.717) is 6.47 Å². The Morgan fingerprint density at radius 3 is 2.62 bits per heavy atom. The molecule has 0 unspecified atom stereocenters. The molecule has 0 N–H and O–H groups in total. The second-order valence-corrected chi connectivity index (χ2v) is 2.88. The van der Waals surface area contributed by atoms with Crippen molar-refractivity contribution >= 4 is 12.5 Å². The number of carbonyl (C=O) groups is 1. The van der Waals surface area contributed by atoms with Gasteiger partial charge in [0.05, 0.1) is 6.26 Å². The van der Waals surface area contributed by atoms with Gasteiger partial charge in [-0.1, -0.05) is 18.2 Å². The van der Waals surface area contributed by atoms with Crippen molar-refractivity contribution in [3.05, 3.63) is 41.2 Å². The maximum Gasteiger partial charge on any atom is 0.297 e. The molecule has 2 heteroatoms. The fraction of sp³-hybridized carbons (Fsp3) is 0.182. The van der Waals surface area contributed by atoms with Gasteiger partial charge in [0.1, 0.15) is 0 Å². The molecular weight excluding hydrogens is 164 g/mol. The lowest BCUT2D eigenvalue weighted by atomic mass is 10.1. The molecule has 13 heavy (non-hydrogen) atoms. The van der Waals surface area contributed by atoms with E-state index in [9.17, 15) is 4.79 Å². The van der Waals surface area contributed by atoms with E-state index in [4.69, 9.17) is 0 Å². The van der Waals surface area contributed by atoms with Crippen molar-refractivity contribution < 1.29 is 9.53 Å². The monoisotopic (exact) mass is 176 g/mol. The Morgan fingerprint density at radius 2 is 2.00 bits per heavy atom. The molecule has 0 saturated carbocycles. The molecule has 0 bridgehead atoms. The van der Waals surface area contributed by atoms with Crippen molar-refractivity contribution in [2.75, 3.05) is 0 Å². The third kappa shape index (κ3) is 2.75. The first-order chi connectivity index (χ1) is 6.24. The summed E-state index contributed by atoms with van der Waals surface area (Å²) in [6, 6.07) is 6.06. The van der Waals surface area contributed by atoms with Crippen molar-refractivity contribution in [3.8, 4) is 0 Å². The van der Waals surface area contributed by atoms with Gasteiger partial charge in [-0.15, -0.1) is 0 Å². The summed E-state index contributed by atoms with van der Waals surface area (Å²) in [5, 5.41) is 0. The zero-order valence-corrected chi connectivity index (χ0v) is 7.78. The normalized spacial score (nSPS) is 10.3. The minimum atomic E-state index is 0.400. The molecule has 0 aliphatic heterocycles. The first-order valence-corrected chi connectivity index (χ1v) is 4.07. The first-order valence-electron chi connectivity index (χ1n) is 4.07. The maximum absolute atomic E-state index is 9.84. The van der Waals surface area contributed by atoms with Crippen LogP contribution in [-0.2, 0) is 9.53 Å². The Morgan fingerprint density at radius 1 is 1.23 bits per heavy atom. The van der Waals surface area contributed by atoms with Crippen molar-refractivity contribution in [2.24, 2.45) is 0 Å². The van der Waals surface area contributed by atoms with Crippen LogP contribution in [0.3, 0.4) is 0 Å². The summed E-state index contributed by atoms with van der Waals surface area (Å²) in [6.07, 6.45) is 3.12. The molecule has 2 nitrogen and oxygen atoms in total. The van der Waals surface area contributed by atoms with Crippen LogP contribution >= 0.6 is 0 Å². The number of rotatable bonds is 3. The highest BCUT2D eigenvalue weighted by Gasteiger charge is 1.92. The fourth-order valence-corrected chi connectivity index (χ4v) is 1.02. The lowest BCUT2D eigenvalue weighted by molar-refractivity contribution is -0.123. The third-order valence-corrected chi connectivity index (χ3v) is 1.93. The van der Waals surface area contributed by atoms with Crippen LogP contribution in [0.4, 0.5) is 0 Å². The summed E-state index contributed by atoms with van der Waals surface area (Å²) in [5.74, 6) is 0. The van der Waals surface area contributed by atoms with E-state index in [-0.39, 0.29) is 0 Å². The summed E-state index contributed by atoms with van der Waals surface area (Å²) in [4.78, 5) is 9.84. The fourth-order valence-electron chi connectivity index (χ4n) is 1.02. The highest BCUT2D eigenvalue weighted by atomic mass is 16.5. The predicted octanol–water partition coefficient (Wildman–Crippen LogP) is 2.45. The number of aryl methyl sites for hydroxylation is 2. The van der Waals surface area contributed by atoms with Gasteiger partial charge >= 0.3 is 0 Å². The van der Waals surface area contributed by atoms with Gasteiger partial charge in [-0.2, -0.15) is 0 Å². The van der Waals surface area contributed by atoms with E-state index < -0.39 is 0 Å². The molecule has 1 aromatic carbocycles. The predicted molar refractivity (Wildman–Crippen MR) is 52.1 cm³/mol. The van der Waals surface area contributed by atoms with Gasteiger partial charge in [-0.3, -0.25) is 4.79 Å². The number of hydrogen-bond acceptors (Lipinski definition) is 2. The summed E-state index contributed by atoms with van der Waals surface area (Å²) < 4.78 is 4.45. The molecule has 0 amide bonds. The smallest absolute Gasteiger partial charge is 0.297 e. The quantitative estimate of drug-likeness (QED) is 0.522. The van der Waals surface area contributed by atoms with Gasteiger partial charge in [0, 0.05) is 0 Å². The zero-order valence-electron chi connectivity index (χ0n) is 7.78. The van der Waals surface area contributed by atoms with Crippen LogP contribution in [-0.4, -0.2) is 6.47 Å². The molecule has 0 heterocycles. The standard InChI is InChI=1S/C11H12O2/c1-9-3-4-11(7-10(9)2)5-6-13-8-12/h3-8H,1-2H3/b6-5+. The van der Waals surface area contributed by atoms with Crippen molar-refractivity contribution in [1.29, 1.82) is 0 Å². The molecule has 1 aromatic rings. The molecule has 0 fully saturated rings. The molecule has 0 aliphatic carbocycles. The van der Waals surface area contributed by atoms with E-state index >= 15 is 0 Å². The largest absolute Gasteiger partial charge is 0.437 e. The van der Waals surface area contributed by atoms with Crippen molar-refractivity contribution in [2.45, 2.75) is 13.8 Å². The highest BCUT2D eigenvalue weighted by Crippen LogP contribution is 2.10. The van der Waals surface area contributed by atoms with Gasteiger partial charge in [-0.05, 0) is 36.6 Å². The van der Waals surface area contributed by atoms with Crippen LogP contribution in [0, 0.1) is 13.8 Å². The summed E-state index contributed by atoms with van der Waals surface area (Å²) in [7, 11) is 0. The minimum Gasteiger partial charge on any atom is -0.437 e. The Bertz CT molecular complexity index is 327. The van der Waals surface area contributed by atoms with Gasteiger partial charge in [-0.25, -0.2) is 0 Å². The van der Waals surface area contributed by atoms with Gasteiger partial charge in [0.15, 0.2) is 0 Å². The second kappa shape index (κ2) is 4.45. The Balaban J connectivity index is 2.79. The summed E-state index contributed by atoms with van der Waals surface area (Å²) >= 11 is 0. The van der Waals surface area contributed by atoms with Crippen LogP contribution in [0.5, 0.6) is 0 Å². The molecular formula is C11H12O2. The lowest BCUT2D eigenvalue weighted by Crippen LogP contribution is -1.81. The minimum absolute atomic E-state index is 0.400. The van der Waals surface area contributed by atoms with Crippen LogP contribution in [0.2, 0.25) is 0 Å². The average Bonchev–Trinajstić information content (AvgIpc) is 2.12. The van der Waals surface area contributed by atoms with Crippen LogP contribution in [0.15, 0.2) is 24.5 Å². The molecule has 1 rings (SSSR count). The van der Waals surface area contributed by atoms with E-state index in [0.717, 1.165) is 5.56 Å². The van der Waals surface area contributed by atoms with E-state index in [2.05, 4.69) is 11.7 Å². The Hall–Kier alpha value is -1.57. The van der Waals surface area contributed by atoms with Crippen LogP contribution < -0.4 is 0 Å². The Labute approximate surface area is 77.8 Å². The highest BCUT2D eigenvalue weighted by molar-refractivity contribution is 5.52. The molecule has 0 saturated heterocycles. The molecule has 0 atom stereocenters. The number of hydrogen-bond donors (Lipinski definition) is 0. The molecule has 0 radical (unpaired) electrons. The zero-order chi connectivity index (χ0) is 9.68. The van der Waals surface area contributed by atoms with E-state index in [1.807, 2.05) is 25.1 Å². The van der Waals surface area contributed by atoms with Gasteiger partial charge in [0.2, 0.25) is 0 Å². The number of ether oxygens (including phenoxy) is 1. The number of benzene rings is 1.